The Balaban J connectivity index is 1.72. The second-order valence-electron chi connectivity index (χ2n) is 5.24. The summed E-state index contributed by atoms with van der Waals surface area (Å²) in [6.07, 6.45) is 1.80. The predicted molar refractivity (Wildman–Crippen MR) is 103 cm³/mol. The Morgan fingerprint density at radius 3 is 2.54 bits per heavy atom. The van der Waals surface area contributed by atoms with Crippen LogP contribution in [0.25, 0.3) is 10.8 Å². The lowest BCUT2D eigenvalue weighted by atomic mass is 10.0. The highest BCUT2D eigenvalue weighted by Crippen LogP contribution is 2.27. The Labute approximate surface area is 153 Å². The molecule has 0 fully saturated rings. The first kappa shape index (κ1) is 16.7. The van der Waals surface area contributed by atoms with Crippen LogP contribution < -0.4 is 5.43 Å². The van der Waals surface area contributed by atoms with Gasteiger partial charge in [0.05, 0.1) is 12.6 Å². The van der Waals surface area contributed by atoms with E-state index in [-0.39, 0.29) is 12.3 Å². The Kier molecular flexibility index (Phi) is 5.28. The van der Waals surface area contributed by atoms with Crippen molar-refractivity contribution >= 4 is 50.4 Å². The summed E-state index contributed by atoms with van der Waals surface area (Å²) in [5.74, 6) is -0.175. The van der Waals surface area contributed by atoms with E-state index < -0.39 is 0 Å². The standard InChI is InChI=1S/C19H14BrClN2O/c20-17-10-9-13(15-6-2-3-7-16(15)17)11-19(24)23-22-12-14-5-1-4-8-18(14)21/h1-10,12H,11H2,(H,23,24)/b22-12-. The molecule has 0 heterocycles. The number of rotatable bonds is 4. The van der Waals surface area contributed by atoms with E-state index in [1.165, 1.54) is 0 Å². The van der Waals surface area contributed by atoms with Crippen LogP contribution in [0.15, 0.2) is 70.2 Å². The van der Waals surface area contributed by atoms with E-state index >= 15 is 0 Å². The molecule has 3 aromatic carbocycles. The fourth-order valence-electron chi connectivity index (χ4n) is 2.44. The summed E-state index contributed by atoms with van der Waals surface area (Å²) < 4.78 is 1.01. The van der Waals surface area contributed by atoms with Crippen molar-refractivity contribution in [1.82, 2.24) is 5.43 Å². The Morgan fingerprint density at radius 2 is 1.75 bits per heavy atom. The first-order chi connectivity index (χ1) is 11.6. The third-order valence-electron chi connectivity index (χ3n) is 3.61. The van der Waals surface area contributed by atoms with Gasteiger partial charge < -0.3 is 0 Å². The molecule has 0 aliphatic carbocycles. The molecule has 5 heteroatoms. The van der Waals surface area contributed by atoms with Crippen molar-refractivity contribution in [2.45, 2.75) is 6.42 Å². The van der Waals surface area contributed by atoms with Crippen molar-refractivity contribution in [1.29, 1.82) is 0 Å². The van der Waals surface area contributed by atoms with Gasteiger partial charge in [-0.3, -0.25) is 4.79 Å². The molecule has 0 saturated heterocycles. The molecule has 3 rings (SSSR count). The van der Waals surface area contributed by atoms with Gasteiger partial charge in [0, 0.05) is 15.1 Å². The van der Waals surface area contributed by atoms with Gasteiger partial charge in [0.1, 0.15) is 0 Å². The number of halogens is 2. The normalized spacial score (nSPS) is 11.1. The summed E-state index contributed by atoms with van der Waals surface area (Å²) in [5, 5.41) is 6.71. The van der Waals surface area contributed by atoms with Crippen LogP contribution in [0.4, 0.5) is 0 Å². The molecule has 3 aromatic rings. The fraction of sp³-hybridized carbons (Fsp3) is 0.0526. The zero-order chi connectivity index (χ0) is 16.9. The Bertz CT molecular complexity index is 924. The summed E-state index contributed by atoms with van der Waals surface area (Å²) in [5.41, 5.74) is 4.26. The number of carbonyl (C=O) groups excluding carboxylic acids is 1. The number of amides is 1. The third kappa shape index (κ3) is 3.83. The van der Waals surface area contributed by atoms with Gasteiger partial charge in [0.2, 0.25) is 5.91 Å². The van der Waals surface area contributed by atoms with Crippen molar-refractivity contribution < 1.29 is 4.79 Å². The summed E-state index contributed by atoms with van der Waals surface area (Å²) in [6.45, 7) is 0. The van der Waals surface area contributed by atoms with Gasteiger partial charge in [-0.2, -0.15) is 5.10 Å². The number of hydrogen-bond donors (Lipinski definition) is 1. The molecule has 24 heavy (non-hydrogen) atoms. The van der Waals surface area contributed by atoms with Crippen LogP contribution in [0.5, 0.6) is 0 Å². The minimum Gasteiger partial charge on any atom is -0.273 e. The largest absolute Gasteiger partial charge is 0.273 e. The molecule has 120 valence electrons. The molecule has 0 aromatic heterocycles. The lowest BCUT2D eigenvalue weighted by molar-refractivity contribution is -0.120. The van der Waals surface area contributed by atoms with Gasteiger partial charge in [-0.25, -0.2) is 5.43 Å². The molecule has 0 aliphatic rings. The van der Waals surface area contributed by atoms with Crippen molar-refractivity contribution in [3.63, 3.8) is 0 Å². The fourth-order valence-corrected chi connectivity index (χ4v) is 3.11. The predicted octanol–water partition coefficient (Wildman–Crippen LogP) is 4.95. The molecule has 0 atom stereocenters. The van der Waals surface area contributed by atoms with Gasteiger partial charge in [-0.1, -0.05) is 76.1 Å². The average molecular weight is 402 g/mol. The van der Waals surface area contributed by atoms with E-state index in [4.69, 9.17) is 11.6 Å². The van der Waals surface area contributed by atoms with Gasteiger partial charge >= 0.3 is 0 Å². The average Bonchev–Trinajstić information content (AvgIpc) is 2.59. The summed E-state index contributed by atoms with van der Waals surface area (Å²) >= 11 is 9.58. The zero-order valence-corrected chi connectivity index (χ0v) is 15.0. The van der Waals surface area contributed by atoms with E-state index in [0.717, 1.165) is 26.4 Å². The van der Waals surface area contributed by atoms with E-state index in [1.54, 1.807) is 12.3 Å². The van der Waals surface area contributed by atoms with Crippen LogP contribution >= 0.6 is 27.5 Å². The Hall–Kier alpha value is -2.17. The SMILES string of the molecule is O=C(Cc1ccc(Br)c2ccccc12)N/N=C\c1ccccc1Cl. The first-order valence-corrected chi connectivity index (χ1v) is 8.55. The quantitative estimate of drug-likeness (QED) is 0.488. The van der Waals surface area contributed by atoms with Gasteiger partial charge in [0.15, 0.2) is 0 Å². The topological polar surface area (TPSA) is 41.5 Å². The molecule has 0 unspecified atom stereocenters. The summed E-state index contributed by atoms with van der Waals surface area (Å²) in [7, 11) is 0. The van der Waals surface area contributed by atoms with Crippen LogP contribution in [-0.4, -0.2) is 12.1 Å². The van der Waals surface area contributed by atoms with E-state index in [1.807, 2.05) is 54.6 Å². The van der Waals surface area contributed by atoms with Crippen LogP contribution in [0.3, 0.4) is 0 Å². The smallest absolute Gasteiger partial charge is 0.244 e. The number of hydrazone groups is 1. The van der Waals surface area contributed by atoms with Crippen molar-refractivity contribution in [3.8, 4) is 0 Å². The highest BCUT2D eigenvalue weighted by molar-refractivity contribution is 9.10. The maximum Gasteiger partial charge on any atom is 0.244 e. The minimum atomic E-state index is -0.175. The van der Waals surface area contributed by atoms with Crippen molar-refractivity contribution in [2.24, 2.45) is 5.10 Å². The van der Waals surface area contributed by atoms with Crippen molar-refractivity contribution in [3.05, 3.63) is 81.3 Å². The van der Waals surface area contributed by atoms with Gasteiger partial charge in [0.25, 0.3) is 0 Å². The molecular weight excluding hydrogens is 388 g/mol. The van der Waals surface area contributed by atoms with Crippen LogP contribution in [0.2, 0.25) is 5.02 Å². The highest BCUT2D eigenvalue weighted by Gasteiger charge is 2.08. The Morgan fingerprint density at radius 1 is 1.04 bits per heavy atom. The molecule has 3 nitrogen and oxygen atoms in total. The number of nitrogens with zero attached hydrogens (tertiary/aromatic N) is 1. The van der Waals surface area contributed by atoms with E-state index in [0.29, 0.717) is 5.02 Å². The molecule has 0 bridgehead atoms. The maximum atomic E-state index is 12.1. The number of benzene rings is 3. The minimum absolute atomic E-state index is 0.175. The molecule has 0 radical (unpaired) electrons. The monoisotopic (exact) mass is 400 g/mol. The number of carbonyl (C=O) groups is 1. The van der Waals surface area contributed by atoms with Gasteiger partial charge in [-0.05, 0) is 28.5 Å². The molecular formula is C19H14BrClN2O. The second-order valence-corrected chi connectivity index (χ2v) is 6.51. The zero-order valence-electron chi connectivity index (χ0n) is 12.7. The summed E-state index contributed by atoms with van der Waals surface area (Å²) in [6, 6.07) is 19.2. The molecule has 1 amide bonds. The number of nitrogens with one attached hydrogen (secondary N) is 1. The number of hydrogen-bond acceptors (Lipinski definition) is 2. The first-order valence-electron chi connectivity index (χ1n) is 7.38. The second kappa shape index (κ2) is 7.60. The van der Waals surface area contributed by atoms with Crippen LogP contribution in [0, 0.1) is 0 Å². The molecule has 0 spiro atoms. The van der Waals surface area contributed by atoms with E-state index in [9.17, 15) is 4.79 Å². The molecule has 0 saturated carbocycles. The van der Waals surface area contributed by atoms with Crippen molar-refractivity contribution in [2.75, 3.05) is 0 Å². The molecule has 1 N–H and O–H groups in total. The number of fused-ring (bicyclic) bond motifs is 1. The van der Waals surface area contributed by atoms with Crippen LogP contribution in [0.1, 0.15) is 11.1 Å². The summed E-state index contributed by atoms with van der Waals surface area (Å²) in [4.78, 5) is 12.1. The van der Waals surface area contributed by atoms with Crippen LogP contribution in [-0.2, 0) is 11.2 Å². The lowest BCUT2D eigenvalue weighted by Crippen LogP contribution is -2.19. The maximum absolute atomic E-state index is 12.1. The lowest BCUT2D eigenvalue weighted by Gasteiger charge is -2.07. The van der Waals surface area contributed by atoms with Gasteiger partial charge in [-0.15, -0.1) is 0 Å². The third-order valence-corrected chi connectivity index (χ3v) is 4.65. The highest BCUT2D eigenvalue weighted by atomic mass is 79.9. The van der Waals surface area contributed by atoms with E-state index in [2.05, 4.69) is 26.5 Å². The molecule has 0 aliphatic heterocycles.